The van der Waals surface area contributed by atoms with Crippen molar-refractivity contribution in [3.63, 3.8) is 0 Å². The standard InChI is InChI=1S/C31H52ClN13O6/c1-16(2)12-22(44-27(49)20(9-5-11-41-31(38)39)42-26(48)19(33)8-4-10-40-30(36)37)28(50)45-23(15-24(34)46)29(51)43-21(25(35)47)14-17-6-3-7-18(32)13-17/h3,6-7,13,16,19-23H,4-5,8-12,14-15,33H2,1-2H3,(H2,34,46)(H2,35,47)(H,42,48)(H,43,51)(H,44,49)(H,45,50)(H4,36,37,40)(H4,38,39,41)/t19-,20-,21-,22-,23-/m0/s1. The fourth-order valence-electron chi connectivity index (χ4n) is 4.75. The van der Waals surface area contributed by atoms with Gasteiger partial charge >= 0.3 is 0 Å². The summed E-state index contributed by atoms with van der Waals surface area (Å²) in [6.45, 7) is 3.99. The summed E-state index contributed by atoms with van der Waals surface area (Å²) in [4.78, 5) is 85.3. The molecule has 20 heteroatoms. The highest BCUT2D eigenvalue weighted by atomic mass is 35.5. The Balaban J connectivity index is 3.18. The highest BCUT2D eigenvalue weighted by molar-refractivity contribution is 6.30. The van der Waals surface area contributed by atoms with E-state index in [0.29, 0.717) is 17.0 Å². The van der Waals surface area contributed by atoms with Crippen LogP contribution >= 0.6 is 11.6 Å². The fourth-order valence-corrected chi connectivity index (χ4v) is 4.97. The molecule has 0 fully saturated rings. The second kappa shape index (κ2) is 22.5. The van der Waals surface area contributed by atoms with E-state index in [9.17, 15) is 28.8 Å². The number of rotatable bonds is 23. The van der Waals surface area contributed by atoms with Crippen LogP contribution in [0.5, 0.6) is 0 Å². The molecule has 0 aliphatic rings. The summed E-state index contributed by atoms with van der Waals surface area (Å²) in [5, 5.41) is 10.5. The number of nitrogens with zero attached hydrogens (tertiary/aromatic N) is 2. The normalized spacial score (nSPS) is 13.7. The Morgan fingerprint density at radius 2 is 1.22 bits per heavy atom. The lowest BCUT2D eigenvalue weighted by Gasteiger charge is -2.27. The van der Waals surface area contributed by atoms with Gasteiger partial charge in [-0.2, -0.15) is 0 Å². The molecular formula is C31H52ClN13O6. The third-order valence-electron chi connectivity index (χ3n) is 7.25. The third-order valence-corrected chi connectivity index (χ3v) is 7.48. The fraction of sp³-hybridized carbons (Fsp3) is 0.548. The number of primary amides is 2. The van der Waals surface area contributed by atoms with E-state index < -0.39 is 72.1 Å². The highest BCUT2D eigenvalue weighted by Crippen LogP contribution is 2.13. The van der Waals surface area contributed by atoms with Crippen molar-refractivity contribution >= 4 is 59.0 Å². The quantitative estimate of drug-likeness (QED) is 0.0300. The van der Waals surface area contributed by atoms with E-state index in [1.165, 1.54) is 0 Å². The third kappa shape index (κ3) is 18.4. The molecule has 51 heavy (non-hydrogen) atoms. The lowest BCUT2D eigenvalue weighted by Crippen LogP contribution is -2.59. The number of amides is 6. The zero-order chi connectivity index (χ0) is 38.7. The van der Waals surface area contributed by atoms with Gasteiger partial charge in [0, 0.05) is 24.5 Å². The molecule has 284 valence electrons. The van der Waals surface area contributed by atoms with Crippen LogP contribution in [0.25, 0.3) is 0 Å². The number of halogens is 1. The number of benzene rings is 1. The van der Waals surface area contributed by atoms with Crippen molar-refractivity contribution in [2.75, 3.05) is 13.1 Å². The average Bonchev–Trinajstić information content (AvgIpc) is 3.02. The van der Waals surface area contributed by atoms with Crippen LogP contribution in [0.2, 0.25) is 5.02 Å². The number of hydrogen-bond donors (Lipinski definition) is 11. The minimum atomic E-state index is -1.53. The number of guanidine groups is 2. The SMILES string of the molecule is CC(C)C[C@H](NC(=O)[C@H](CCCN=C(N)N)NC(=O)[C@@H](N)CCCN=C(N)N)C(=O)N[C@@H](CC(N)=O)C(=O)N[C@@H](Cc1cccc(Cl)c1)C(N)=O. The number of carbonyl (C=O) groups is 6. The molecule has 18 N–H and O–H groups in total. The second-order valence-electron chi connectivity index (χ2n) is 12.3. The Morgan fingerprint density at radius 3 is 1.75 bits per heavy atom. The van der Waals surface area contributed by atoms with E-state index >= 15 is 0 Å². The molecule has 5 atom stereocenters. The van der Waals surface area contributed by atoms with Crippen molar-refractivity contribution in [2.45, 2.75) is 89.0 Å². The molecule has 0 saturated carbocycles. The van der Waals surface area contributed by atoms with Gasteiger partial charge in [-0.15, -0.1) is 0 Å². The predicted octanol–water partition coefficient (Wildman–Crippen LogP) is -3.34. The lowest BCUT2D eigenvalue weighted by atomic mass is 10.0. The van der Waals surface area contributed by atoms with Crippen molar-refractivity contribution < 1.29 is 28.8 Å². The van der Waals surface area contributed by atoms with Crippen molar-refractivity contribution in [3.8, 4) is 0 Å². The Bertz CT molecular complexity index is 1420. The Kier molecular flexibility index (Phi) is 19.4. The molecule has 0 spiro atoms. The van der Waals surface area contributed by atoms with Crippen molar-refractivity contribution in [1.29, 1.82) is 0 Å². The monoisotopic (exact) mass is 737 g/mol. The van der Waals surface area contributed by atoms with E-state index in [-0.39, 0.29) is 63.0 Å². The topological polar surface area (TPSA) is 357 Å². The van der Waals surface area contributed by atoms with Gasteiger partial charge in [-0.3, -0.25) is 38.8 Å². The molecule has 1 aromatic carbocycles. The average molecular weight is 738 g/mol. The van der Waals surface area contributed by atoms with E-state index in [1.54, 1.807) is 38.1 Å². The number of carbonyl (C=O) groups excluding carboxylic acids is 6. The molecule has 6 amide bonds. The maximum atomic E-state index is 13.6. The van der Waals surface area contributed by atoms with Crippen LogP contribution in [0.3, 0.4) is 0 Å². The van der Waals surface area contributed by atoms with Gasteiger partial charge in [0.2, 0.25) is 35.4 Å². The van der Waals surface area contributed by atoms with Crippen LogP contribution in [0.4, 0.5) is 0 Å². The van der Waals surface area contributed by atoms with Gasteiger partial charge in [0.05, 0.1) is 12.5 Å². The molecule has 1 aromatic rings. The summed E-state index contributed by atoms with van der Waals surface area (Å²) >= 11 is 6.03. The van der Waals surface area contributed by atoms with Gasteiger partial charge in [0.15, 0.2) is 11.9 Å². The Labute approximate surface area is 301 Å². The van der Waals surface area contributed by atoms with E-state index in [2.05, 4.69) is 31.3 Å². The summed E-state index contributed by atoms with van der Waals surface area (Å²) in [5.41, 5.74) is 38.9. The number of hydrogen-bond acceptors (Lipinski definition) is 9. The largest absolute Gasteiger partial charge is 0.370 e. The molecular weight excluding hydrogens is 686 g/mol. The van der Waals surface area contributed by atoms with Crippen LogP contribution in [0.15, 0.2) is 34.3 Å². The van der Waals surface area contributed by atoms with Crippen molar-refractivity contribution in [2.24, 2.45) is 56.0 Å². The van der Waals surface area contributed by atoms with Crippen molar-refractivity contribution in [1.82, 2.24) is 21.3 Å². The van der Waals surface area contributed by atoms with Crippen LogP contribution in [-0.2, 0) is 35.2 Å². The zero-order valence-corrected chi connectivity index (χ0v) is 29.7. The summed E-state index contributed by atoms with van der Waals surface area (Å²) in [6.07, 6.45) is 0.384. The van der Waals surface area contributed by atoms with Gasteiger partial charge in [-0.05, 0) is 55.7 Å². The van der Waals surface area contributed by atoms with Gasteiger partial charge in [-0.25, -0.2) is 0 Å². The first-order valence-electron chi connectivity index (χ1n) is 16.3. The Hall–Kier alpha value is -5.17. The van der Waals surface area contributed by atoms with Crippen LogP contribution < -0.4 is 61.4 Å². The minimum Gasteiger partial charge on any atom is -0.370 e. The van der Waals surface area contributed by atoms with Crippen LogP contribution in [-0.4, -0.2) is 90.7 Å². The summed E-state index contributed by atoms with van der Waals surface area (Å²) in [6, 6.07) is 0.395. The first-order chi connectivity index (χ1) is 23.9. The molecule has 0 unspecified atom stereocenters. The summed E-state index contributed by atoms with van der Waals surface area (Å²) in [5.74, 6) is -5.31. The molecule has 0 radical (unpaired) electrons. The van der Waals surface area contributed by atoms with Gasteiger partial charge in [0.25, 0.3) is 0 Å². The maximum absolute atomic E-state index is 13.6. The molecule has 0 aromatic heterocycles. The number of nitrogens with two attached hydrogens (primary N) is 7. The second-order valence-corrected chi connectivity index (χ2v) is 12.7. The van der Waals surface area contributed by atoms with E-state index in [4.69, 9.17) is 51.7 Å². The summed E-state index contributed by atoms with van der Waals surface area (Å²) < 4.78 is 0. The predicted molar refractivity (Wildman–Crippen MR) is 193 cm³/mol. The lowest BCUT2D eigenvalue weighted by molar-refractivity contribution is -0.135. The molecule has 1 rings (SSSR count). The van der Waals surface area contributed by atoms with Gasteiger partial charge < -0.3 is 61.4 Å². The number of aliphatic imine (C=N–C) groups is 2. The molecule has 0 saturated heterocycles. The smallest absolute Gasteiger partial charge is 0.243 e. The zero-order valence-electron chi connectivity index (χ0n) is 28.9. The Morgan fingerprint density at radius 1 is 0.706 bits per heavy atom. The first-order valence-corrected chi connectivity index (χ1v) is 16.7. The van der Waals surface area contributed by atoms with Gasteiger partial charge in [0.1, 0.15) is 24.2 Å². The molecule has 19 nitrogen and oxygen atoms in total. The maximum Gasteiger partial charge on any atom is 0.243 e. The number of nitrogens with one attached hydrogen (secondary N) is 4. The molecule has 0 heterocycles. The highest BCUT2D eigenvalue weighted by Gasteiger charge is 2.32. The minimum absolute atomic E-state index is 0.0267. The van der Waals surface area contributed by atoms with E-state index in [1.807, 2.05) is 0 Å². The van der Waals surface area contributed by atoms with Gasteiger partial charge in [-0.1, -0.05) is 37.6 Å². The van der Waals surface area contributed by atoms with Crippen LogP contribution in [0.1, 0.15) is 57.9 Å². The van der Waals surface area contributed by atoms with Crippen molar-refractivity contribution in [3.05, 3.63) is 34.9 Å². The molecule has 0 aliphatic carbocycles. The molecule has 0 bridgehead atoms. The summed E-state index contributed by atoms with van der Waals surface area (Å²) in [7, 11) is 0. The van der Waals surface area contributed by atoms with Crippen LogP contribution in [0, 0.1) is 5.92 Å². The van der Waals surface area contributed by atoms with E-state index in [0.717, 1.165) is 0 Å². The molecule has 0 aliphatic heterocycles. The first kappa shape index (κ1) is 43.9.